The summed E-state index contributed by atoms with van der Waals surface area (Å²) in [5.41, 5.74) is 1.11. The summed E-state index contributed by atoms with van der Waals surface area (Å²) in [7, 11) is 0. The Balaban J connectivity index is 1.97. The number of nitrogens with zero attached hydrogens (tertiary/aromatic N) is 1. The minimum absolute atomic E-state index is 0.0617. The number of benzene rings is 1. The van der Waals surface area contributed by atoms with Crippen LogP contribution in [0.3, 0.4) is 0 Å². The van der Waals surface area contributed by atoms with Gasteiger partial charge in [-0.25, -0.2) is 0 Å². The molecule has 0 aromatic heterocycles. The molecule has 3 N–H and O–H groups in total. The van der Waals surface area contributed by atoms with E-state index < -0.39 is 12.0 Å². The van der Waals surface area contributed by atoms with Crippen molar-refractivity contribution in [3.63, 3.8) is 0 Å². The molecule has 9 nitrogen and oxygen atoms in total. The molecule has 1 atom stereocenters. The fourth-order valence-electron chi connectivity index (χ4n) is 3.04. The number of nitrogens with one attached hydrogen (secondary N) is 3. The lowest BCUT2D eigenvalue weighted by Gasteiger charge is -2.34. The largest absolute Gasteiger partial charge is 0.466 e. The first-order valence-electron chi connectivity index (χ1n) is 10.3. The lowest BCUT2D eigenvalue weighted by molar-refractivity contribution is -0.151. The fourth-order valence-corrected chi connectivity index (χ4v) is 3.04. The van der Waals surface area contributed by atoms with Crippen molar-refractivity contribution in [2.75, 3.05) is 38.1 Å². The van der Waals surface area contributed by atoms with E-state index in [4.69, 9.17) is 4.74 Å². The van der Waals surface area contributed by atoms with Crippen LogP contribution >= 0.6 is 0 Å². The van der Waals surface area contributed by atoms with Crippen molar-refractivity contribution in [2.45, 2.75) is 39.2 Å². The van der Waals surface area contributed by atoms with Crippen LogP contribution in [0, 0.1) is 0 Å². The zero-order valence-electron chi connectivity index (χ0n) is 17.5. The number of piperazine rings is 1. The van der Waals surface area contributed by atoms with Gasteiger partial charge in [0, 0.05) is 30.9 Å². The first-order chi connectivity index (χ1) is 14.5. The van der Waals surface area contributed by atoms with Crippen molar-refractivity contribution in [2.24, 2.45) is 0 Å². The first kappa shape index (κ1) is 23.2. The van der Waals surface area contributed by atoms with Crippen LogP contribution in [0.25, 0.3) is 0 Å². The molecule has 1 aromatic rings. The maximum atomic E-state index is 12.7. The van der Waals surface area contributed by atoms with Gasteiger partial charge in [0.2, 0.25) is 11.8 Å². The van der Waals surface area contributed by atoms with Crippen LogP contribution in [0.15, 0.2) is 24.3 Å². The van der Waals surface area contributed by atoms with Crippen molar-refractivity contribution in [3.05, 3.63) is 29.8 Å². The second-order valence-corrected chi connectivity index (χ2v) is 7.01. The minimum Gasteiger partial charge on any atom is -0.466 e. The Morgan fingerprint density at radius 1 is 1.23 bits per heavy atom. The van der Waals surface area contributed by atoms with Gasteiger partial charge in [-0.05, 0) is 31.0 Å². The number of carbonyl (C=O) groups excluding carboxylic acids is 4. The molecule has 1 aliphatic rings. The van der Waals surface area contributed by atoms with Gasteiger partial charge in [0.05, 0.1) is 19.6 Å². The highest BCUT2D eigenvalue weighted by molar-refractivity contribution is 5.95. The van der Waals surface area contributed by atoms with Crippen LogP contribution < -0.4 is 16.0 Å². The SMILES string of the molecule is CCCNC(=O)c1cccc(NCC(=O)N2CCNC(=O)C2CC(=O)OCCC)c1. The predicted molar refractivity (Wildman–Crippen MR) is 112 cm³/mol. The van der Waals surface area contributed by atoms with Crippen LogP contribution in [0.2, 0.25) is 0 Å². The van der Waals surface area contributed by atoms with Gasteiger partial charge in [-0.2, -0.15) is 0 Å². The van der Waals surface area contributed by atoms with Gasteiger partial charge in [-0.3, -0.25) is 19.2 Å². The summed E-state index contributed by atoms with van der Waals surface area (Å²) in [4.78, 5) is 50.4. The van der Waals surface area contributed by atoms with E-state index in [0.29, 0.717) is 37.3 Å². The summed E-state index contributed by atoms with van der Waals surface area (Å²) < 4.78 is 5.05. The van der Waals surface area contributed by atoms with E-state index in [2.05, 4.69) is 16.0 Å². The summed E-state index contributed by atoms with van der Waals surface area (Å²) in [6, 6.07) is 5.97. The molecule has 2 rings (SSSR count). The lowest BCUT2D eigenvalue weighted by Crippen LogP contribution is -2.58. The molecule has 164 valence electrons. The number of ether oxygens (including phenoxy) is 1. The molecule has 0 bridgehead atoms. The van der Waals surface area contributed by atoms with Crippen molar-refractivity contribution in [3.8, 4) is 0 Å². The summed E-state index contributed by atoms with van der Waals surface area (Å²) in [6.45, 7) is 5.31. The molecule has 0 saturated carbocycles. The molecule has 0 aliphatic carbocycles. The van der Waals surface area contributed by atoms with Crippen molar-refractivity contribution >= 4 is 29.4 Å². The average Bonchev–Trinajstić information content (AvgIpc) is 2.75. The summed E-state index contributed by atoms with van der Waals surface area (Å²) in [6.07, 6.45) is 1.35. The maximum Gasteiger partial charge on any atom is 0.308 e. The Labute approximate surface area is 176 Å². The average molecular weight is 418 g/mol. The Kier molecular flexibility index (Phi) is 9.11. The third-order valence-corrected chi connectivity index (χ3v) is 4.58. The molecule has 0 radical (unpaired) electrons. The third-order valence-electron chi connectivity index (χ3n) is 4.58. The van der Waals surface area contributed by atoms with E-state index >= 15 is 0 Å². The van der Waals surface area contributed by atoms with Gasteiger partial charge in [0.25, 0.3) is 5.91 Å². The second kappa shape index (κ2) is 11.8. The molecule has 0 spiro atoms. The second-order valence-electron chi connectivity index (χ2n) is 7.01. The molecule has 1 saturated heterocycles. The van der Waals surface area contributed by atoms with E-state index in [0.717, 1.165) is 6.42 Å². The molecule has 1 aromatic carbocycles. The van der Waals surface area contributed by atoms with Crippen LogP contribution in [0.4, 0.5) is 5.69 Å². The molecule has 1 unspecified atom stereocenters. The van der Waals surface area contributed by atoms with Crippen molar-refractivity contribution < 1.29 is 23.9 Å². The van der Waals surface area contributed by atoms with E-state index in [-0.39, 0.29) is 37.3 Å². The third kappa shape index (κ3) is 6.75. The van der Waals surface area contributed by atoms with Crippen LogP contribution in [0.1, 0.15) is 43.5 Å². The minimum atomic E-state index is -0.886. The summed E-state index contributed by atoms with van der Waals surface area (Å²) in [5, 5.41) is 8.49. The number of hydrogen-bond acceptors (Lipinski definition) is 6. The quantitative estimate of drug-likeness (QED) is 0.486. The van der Waals surface area contributed by atoms with Gasteiger partial charge in [0.1, 0.15) is 6.04 Å². The molecule has 1 fully saturated rings. The monoisotopic (exact) mass is 418 g/mol. The van der Waals surface area contributed by atoms with E-state index in [1.54, 1.807) is 24.3 Å². The highest BCUT2D eigenvalue weighted by atomic mass is 16.5. The molecular weight excluding hydrogens is 388 g/mol. The topological polar surface area (TPSA) is 117 Å². The van der Waals surface area contributed by atoms with E-state index in [1.807, 2.05) is 13.8 Å². The number of rotatable bonds is 10. The molecule has 3 amide bonds. The fraction of sp³-hybridized carbons (Fsp3) is 0.524. The molecule has 30 heavy (non-hydrogen) atoms. The number of anilines is 1. The van der Waals surface area contributed by atoms with Gasteiger partial charge < -0.3 is 25.6 Å². The highest BCUT2D eigenvalue weighted by Crippen LogP contribution is 2.13. The summed E-state index contributed by atoms with van der Waals surface area (Å²) in [5.74, 6) is -1.35. The molecule has 9 heteroatoms. The maximum absolute atomic E-state index is 12.7. The first-order valence-corrected chi connectivity index (χ1v) is 10.3. The smallest absolute Gasteiger partial charge is 0.308 e. The Morgan fingerprint density at radius 2 is 2.03 bits per heavy atom. The van der Waals surface area contributed by atoms with Crippen molar-refractivity contribution in [1.29, 1.82) is 0 Å². The number of hydrogen-bond donors (Lipinski definition) is 3. The van der Waals surface area contributed by atoms with Crippen molar-refractivity contribution in [1.82, 2.24) is 15.5 Å². The molecule has 1 aliphatic heterocycles. The lowest BCUT2D eigenvalue weighted by atomic mass is 10.1. The van der Waals surface area contributed by atoms with E-state index in [9.17, 15) is 19.2 Å². The zero-order valence-corrected chi connectivity index (χ0v) is 17.5. The normalized spacial score (nSPS) is 15.9. The molecular formula is C21H30N4O5. The Morgan fingerprint density at radius 3 is 2.77 bits per heavy atom. The highest BCUT2D eigenvalue weighted by Gasteiger charge is 2.34. The Hall–Kier alpha value is -3.10. The zero-order chi connectivity index (χ0) is 21.9. The number of carbonyl (C=O) groups is 4. The predicted octanol–water partition coefficient (Wildman–Crippen LogP) is 0.909. The van der Waals surface area contributed by atoms with Crippen LogP contribution in [-0.2, 0) is 19.1 Å². The van der Waals surface area contributed by atoms with Gasteiger partial charge in [-0.15, -0.1) is 0 Å². The van der Waals surface area contributed by atoms with Crippen LogP contribution in [-0.4, -0.2) is 67.4 Å². The summed E-state index contributed by atoms with van der Waals surface area (Å²) >= 11 is 0. The standard InChI is InChI=1S/C21H30N4O5/c1-3-8-22-20(28)15-6-5-7-16(12-15)24-14-18(26)25-10-9-23-21(29)17(25)13-19(27)30-11-4-2/h5-7,12,17,24H,3-4,8-11,13-14H2,1-2H3,(H,22,28)(H,23,29). The number of amides is 3. The van der Waals surface area contributed by atoms with Gasteiger partial charge in [-0.1, -0.05) is 19.9 Å². The van der Waals surface area contributed by atoms with E-state index in [1.165, 1.54) is 4.90 Å². The van der Waals surface area contributed by atoms with Crippen LogP contribution in [0.5, 0.6) is 0 Å². The van der Waals surface area contributed by atoms with Gasteiger partial charge >= 0.3 is 5.97 Å². The molecule has 1 heterocycles. The Bertz CT molecular complexity index is 768. The van der Waals surface area contributed by atoms with Gasteiger partial charge in [0.15, 0.2) is 0 Å². The number of esters is 1.